The number of hydrogen-bond donors (Lipinski definition) is 1. The molecule has 0 aliphatic rings. The lowest BCUT2D eigenvalue weighted by atomic mass is 10.2. The quantitative estimate of drug-likeness (QED) is 0.674. The highest BCUT2D eigenvalue weighted by Gasteiger charge is 2.11. The van der Waals surface area contributed by atoms with E-state index < -0.39 is 0 Å². The van der Waals surface area contributed by atoms with Gasteiger partial charge in [-0.2, -0.15) is 0 Å². The highest BCUT2D eigenvalue weighted by atomic mass is 35.5. The van der Waals surface area contributed by atoms with E-state index in [0.717, 1.165) is 11.1 Å². The zero-order chi connectivity index (χ0) is 19.8. The fourth-order valence-electron chi connectivity index (χ4n) is 2.61. The van der Waals surface area contributed by atoms with Crippen LogP contribution in [0.5, 0.6) is 11.5 Å². The Kier molecular flexibility index (Phi) is 8.23. The maximum Gasteiger partial charge on any atom is 0.234 e. The Morgan fingerprint density at radius 1 is 1.15 bits per heavy atom. The van der Waals surface area contributed by atoms with E-state index in [4.69, 9.17) is 32.7 Å². The van der Waals surface area contributed by atoms with Crippen molar-refractivity contribution in [3.05, 3.63) is 57.6 Å². The molecular formula is C20H24Cl2N2O3. The molecule has 1 amide bonds. The van der Waals surface area contributed by atoms with Crippen LogP contribution in [0.1, 0.15) is 18.1 Å². The Morgan fingerprint density at radius 2 is 1.93 bits per heavy atom. The van der Waals surface area contributed by atoms with Gasteiger partial charge in [0, 0.05) is 23.1 Å². The molecule has 2 rings (SSSR count). The summed E-state index contributed by atoms with van der Waals surface area (Å²) >= 11 is 12.0. The van der Waals surface area contributed by atoms with Crippen LogP contribution in [-0.2, 0) is 17.9 Å². The molecule has 2 aromatic carbocycles. The molecule has 1 N–H and O–H groups in total. The number of carbonyl (C=O) groups excluding carboxylic acids is 1. The number of benzene rings is 2. The Bertz CT molecular complexity index is 784. The third-order valence-electron chi connectivity index (χ3n) is 3.89. The molecule has 0 aliphatic heterocycles. The van der Waals surface area contributed by atoms with Gasteiger partial charge in [0.1, 0.15) is 0 Å². The second kappa shape index (κ2) is 10.4. The van der Waals surface area contributed by atoms with Gasteiger partial charge in [0.15, 0.2) is 11.5 Å². The fourth-order valence-corrected chi connectivity index (χ4v) is 3.09. The first-order chi connectivity index (χ1) is 12.9. The Morgan fingerprint density at radius 3 is 2.59 bits per heavy atom. The average Bonchev–Trinajstić information content (AvgIpc) is 2.62. The summed E-state index contributed by atoms with van der Waals surface area (Å²) in [5, 5.41) is 3.98. The van der Waals surface area contributed by atoms with Crippen LogP contribution in [0.15, 0.2) is 36.4 Å². The van der Waals surface area contributed by atoms with Gasteiger partial charge in [0.2, 0.25) is 5.91 Å². The van der Waals surface area contributed by atoms with E-state index in [1.807, 2.05) is 37.1 Å². The monoisotopic (exact) mass is 410 g/mol. The zero-order valence-electron chi connectivity index (χ0n) is 15.7. The normalized spacial score (nSPS) is 10.7. The van der Waals surface area contributed by atoms with Gasteiger partial charge in [0.05, 0.1) is 20.3 Å². The number of halogens is 2. The summed E-state index contributed by atoms with van der Waals surface area (Å²) in [6, 6.07) is 11.0. The zero-order valence-corrected chi connectivity index (χ0v) is 17.2. The van der Waals surface area contributed by atoms with E-state index in [1.54, 1.807) is 25.3 Å². The molecular weight excluding hydrogens is 387 g/mol. The summed E-state index contributed by atoms with van der Waals surface area (Å²) in [6.45, 7) is 3.74. The smallest absolute Gasteiger partial charge is 0.234 e. The molecule has 0 aromatic heterocycles. The van der Waals surface area contributed by atoms with Crippen molar-refractivity contribution in [3.8, 4) is 11.5 Å². The number of nitrogens with one attached hydrogen (secondary N) is 1. The molecule has 5 nitrogen and oxygen atoms in total. The van der Waals surface area contributed by atoms with Crippen LogP contribution in [-0.4, -0.2) is 38.1 Å². The third-order valence-corrected chi connectivity index (χ3v) is 4.47. The second-order valence-corrected chi connectivity index (χ2v) is 6.95. The minimum absolute atomic E-state index is 0.0820. The SMILES string of the molecule is CCOc1ccc(CN(C)CC(=O)NCc2ccc(Cl)cc2Cl)cc1OC. The number of methoxy groups -OCH3 is 1. The molecule has 146 valence electrons. The molecule has 0 heterocycles. The highest BCUT2D eigenvalue weighted by Crippen LogP contribution is 2.28. The minimum Gasteiger partial charge on any atom is -0.493 e. The van der Waals surface area contributed by atoms with Gasteiger partial charge >= 0.3 is 0 Å². The molecule has 0 fully saturated rings. The lowest BCUT2D eigenvalue weighted by Gasteiger charge is -2.18. The van der Waals surface area contributed by atoms with Gasteiger partial charge in [-0.05, 0) is 49.4 Å². The topological polar surface area (TPSA) is 50.8 Å². The lowest BCUT2D eigenvalue weighted by Crippen LogP contribution is -2.34. The second-order valence-electron chi connectivity index (χ2n) is 6.10. The third kappa shape index (κ3) is 6.61. The summed E-state index contributed by atoms with van der Waals surface area (Å²) in [7, 11) is 3.50. The van der Waals surface area contributed by atoms with E-state index in [-0.39, 0.29) is 12.5 Å². The summed E-state index contributed by atoms with van der Waals surface area (Å²) in [5.41, 5.74) is 1.86. The molecule has 27 heavy (non-hydrogen) atoms. The van der Waals surface area contributed by atoms with Crippen LogP contribution in [0.3, 0.4) is 0 Å². The largest absolute Gasteiger partial charge is 0.493 e. The maximum absolute atomic E-state index is 12.2. The number of ether oxygens (including phenoxy) is 2. The average molecular weight is 411 g/mol. The van der Waals surface area contributed by atoms with Crippen LogP contribution in [0.25, 0.3) is 0 Å². The lowest BCUT2D eigenvalue weighted by molar-refractivity contribution is -0.122. The highest BCUT2D eigenvalue weighted by molar-refractivity contribution is 6.35. The minimum atomic E-state index is -0.0820. The predicted molar refractivity (Wildman–Crippen MR) is 109 cm³/mol. The van der Waals surface area contributed by atoms with Gasteiger partial charge in [-0.3, -0.25) is 9.69 Å². The number of amides is 1. The van der Waals surface area contributed by atoms with Crippen molar-refractivity contribution in [3.63, 3.8) is 0 Å². The number of hydrogen-bond acceptors (Lipinski definition) is 4. The first-order valence-corrected chi connectivity index (χ1v) is 9.37. The van der Waals surface area contributed by atoms with Crippen molar-refractivity contribution >= 4 is 29.1 Å². The summed E-state index contributed by atoms with van der Waals surface area (Å²) in [6.07, 6.45) is 0. The summed E-state index contributed by atoms with van der Waals surface area (Å²) < 4.78 is 10.9. The Hall–Kier alpha value is -1.95. The van der Waals surface area contributed by atoms with Gasteiger partial charge in [0.25, 0.3) is 0 Å². The first kappa shape index (κ1) is 21.4. The van der Waals surface area contributed by atoms with Gasteiger partial charge < -0.3 is 14.8 Å². The van der Waals surface area contributed by atoms with Gasteiger partial charge in [-0.1, -0.05) is 35.3 Å². The van der Waals surface area contributed by atoms with Crippen molar-refractivity contribution in [2.45, 2.75) is 20.0 Å². The standard InChI is InChI=1S/C20H24Cl2N2O3/c1-4-27-18-8-5-14(9-19(18)26-3)12-24(2)13-20(25)23-11-15-6-7-16(21)10-17(15)22/h5-10H,4,11-13H2,1-3H3,(H,23,25). The molecule has 0 spiro atoms. The van der Waals surface area contributed by atoms with E-state index in [1.165, 1.54) is 0 Å². The van der Waals surface area contributed by atoms with Gasteiger partial charge in [-0.25, -0.2) is 0 Å². The van der Waals surface area contributed by atoms with Crippen LogP contribution >= 0.6 is 23.2 Å². The van der Waals surface area contributed by atoms with E-state index in [9.17, 15) is 4.79 Å². The molecule has 0 saturated heterocycles. The van der Waals surface area contributed by atoms with Crippen molar-refractivity contribution in [2.24, 2.45) is 0 Å². The molecule has 0 atom stereocenters. The molecule has 0 aliphatic carbocycles. The predicted octanol–water partition coefficient (Wildman–Crippen LogP) is 4.15. The molecule has 2 aromatic rings. The van der Waals surface area contributed by atoms with E-state index in [0.29, 0.717) is 41.2 Å². The molecule has 0 unspecified atom stereocenters. The molecule has 0 bridgehead atoms. The first-order valence-electron chi connectivity index (χ1n) is 8.61. The summed E-state index contributed by atoms with van der Waals surface area (Å²) in [5.74, 6) is 1.31. The van der Waals surface area contributed by atoms with Crippen LogP contribution < -0.4 is 14.8 Å². The van der Waals surface area contributed by atoms with Gasteiger partial charge in [-0.15, -0.1) is 0 Å². The van der Waals surface area contributed by atoms with E-state index >= 15 is 0 Å². The number of rotatable bonds is 9. The van der Waals surface area contributed by atoms with Crippen molar-refractivity contribution in [2.75, 3.05) is 27.3 Å². The maximum atomic E-state index is 12.2. The van der Waals surface area contributed by atoms with E-state index in [2.05, 4.69) is 5.32 Å². The van der Waals surface area contributed by atoms with Crippen LogP contribution in [0.2, 0.25) is 10.0 Å². The number of carbonyl (C=O) groups is 1. The summed E-state index contributed by atoms with van der Waals surface area (Å²) in [4.78, 5) is 14.1. The van der Waals surface area contributed by atoms with Crippen LogP contribution in [0.4, 0.5) is 0 Å². The van der Waals surface area contributed by atoms with Crippen molar-refractivity contribution in [1.82, 2.24) is 10.2 Å². The number of likely N-dealkylation sites (N-methyl/N-ethyl adjacent to an activating group) is 1. The molecule has 0 radical (unpaired) electrons. The molecule has 7 heteroatoms. The fraction of sp³-hybridized carbons (Fsp3) is 0.350. The Labute approximate surface area is 170 Å². The number of nitrogens with zero attached hydrogens (tertiary/aromatic N) is 1. The Balaban J connectivity index is 1.87. The van der Waals surface area contributed by atoms with Crippen molar-refractivity contribution in [1.29, 1.82) is 0 Å². The van der Waals surface area contributed by atoms with Crippen LogP contribution in [0, 0.1) is 0 Å². The van der Waals surface area contributed by atoms with Crippen molar-refractivity contribution < 1.29 is 14.3 Å². The molecule has 0 saturated carbocycles.